The summed E-state index contributed by atoms with van der Waals surface area (Å²) in [5.74, 6) is 0. The standard InChI is InChI=1S/C19H24N2O2/c1-14(21-13-18(22)17-8-4-5-10-20-17)12-19-16-7-3-2-6-15(16)9-11-23-19/h2-8,10,14,18-19,21-22H,9,11-13H2,1H3. The van der Waals surface area contributed by atoms with Gasteiger partial charge in [0.05, 0.1) is 18.4 Å². The van der Waals surface area contributed by atoms with Gasteiger partial charge in [0.25, 0.3) is 0 Å². The number of aliphatic hydroxyl groups is 1. The fourth-order valence-electron chi connectivity index (χ4n) is 3.07. The number of nitrogens with one attached hydrogen (secondary N) is 1. The molecule has 3 unspecified atom stereocenters. The topological polar surface area (TPSA) is 54.4 Å². The quantitative estimate of drug-likeness (QED) is 0.861. The summed E-state index contributed by atoms with van der Waals surface area (Å²) < 4.78 is 5.95. The van der Waals surface area contributed by atoms with E-state index in [1.807, 2.05) is 18.2 Å². The molecule has 4 heteroatoms. The lowest BCUT2D eigenvalue weighted by atomic mass is 9.94. The highest BCUT2D eigenvalue weighted by atomic mass is 16.5. The zero-order valence-electron chi connectivity index (χ0n) is 13.5. The third kappa shape index (κ3) is 4.16. The SMILES string of the molecule is CC(CC1OCCc2ccccc21)NCC(O)c1ccccn1. The van der Waals surface area contributed by atoms with Crippen molar-refractivity contribution >= 4 is 0 Å². The summed E-state index contributed by atoms with van der Waals surface area (Å²) in [5.41, 5.74) is 3.40. The van der Waals surface area contributed by atoms with Gasteiger partial charge in [-0.3, -0.25) is 4.98 Å². The first-order valence-corrected chi connectivity index (χ1v) is 8.26. The number of hydrogen-bond donors (Lipinski definition) is 2. The van der Waals surface area contributed by atoms with Gasteiger partial charge in [-0.05, 0) is 43.0 Å². The lowest BCUT2D eigenvalue weighted by Gasteiger charge is -2.28. The van der Waals surface area contributed by atoms with E-state index < -0.39 is 6.10 Å². The lowest BCUT2D eigenvalue weighted by molar-refractivity contribution is 0.0296. The summed E-state index contributed by atoms with van der Waals surface area (Å²) in [7, 11) is 0. The Kier molecular flexibility index (Phi) is 5.39. The van der Waals surface area contributed by atoms with Crippen LogP contribution in [-0.2, 0) is 11.2 Å². The van der Waals surface area contributed by atoms with Crippen molar-refractivity contribution in [1.82, 2.24) is 10.3 Å². The van der Waals surface area contributed by atoms with Crippen LogP contribution in [0.4, 0.5) is 0 Å². The van der Waals surface area contributed by atoms with Crippen molar-refractivity contribution in [2.45, 2.75) is 38.0 Å². The minimum Gasteiger partial charge on any atom is -0.385 e. The maximum absolute atomic E-state index is 10.2. The largest absolute Gasteiger partial charge is 0.385 e. The molecule has 0 amide bonds. The molecule has 2 aromatic rings. The second kappa shape index (κ2) is 7.68. The summed E-state index contributed by atoms with van der Waals surface area (Å²) in [6.07, 6.45) is 3.14. The van der Waals surface area contributed by atoms with E-state index in [4.69, 9.17) is 4.74 Å². The Morgan fingerprint density at radius 1 is 1.26 bits per heavy atom. The highest BCUT2D eigenvalue weighted by Crippen LogP contribution is 2.30. The Balaban J connectivity index is 1.53. The van der Waals surface area contributed by atoms with Gasteiger partial charge in [0, 0.05) is 18.8 Å². The Bertz CT molecular complexity index is 618. The molecule has 0 aliphatic carbocycles. The molecule has 2 N–H and O–H groups in total. The summed E-state index contributed by atoms with van der Waals surface area (Å²) in [5, 5.41) is 13.6. The molecule has 1 aromatic heterocycles. The highest BCUT2D eigenvalue weighted by molar-refractivity contribution is 5.31. The minimum atomic E-state index is -0.585. The molecule has 0 bridgehead atoms. The Morgan fingerprint density at radius 2 is 2.09 bits per heavy atom. The van der Waals surface area contributed by atoms with E-state index in [1.54, 1.807) is 6.20 Å². The van der Waals surface area contributed by atoms with Crippen molar-refractivity contribution < 1.29 is 9.84 Å². The van der Waals surface area contributed by atoms with Crippen LogP contribution in [0.3, 0.4) is 0 Å². The van der Waals surface area contributed by atoms with Crippen molar-refractivity contribution in [3.8, 4) is 0 Å². The maximum Gasteiger partial charge on any atom is 0.108 e. The predicted octanol–water partition coefficient (Wildman–Crippen LogP) is 2.80. The van der Waals surface area contributed by atoms with Crippen molar-refractivity contribution in [2.24, 2.45) is 0 Å². The second-order valence-electron chi connectivity index (χ2n) is 6.12. The minimum absolute atomic E-state index is 0.134. The van der Waals surface area contributed by atoms with Crippen LogP contribution in [-0.4, -0.2) is 29.3 Å². The van der Waals surface area contributed by atoms with Gasteiger partial charge < -0.3 is 15.2 Å². The van der Waals surface area contributed by atoms with Gasteiger partial charge in [-0.2, -0.15) is 0 Å². The maximum atomic E-state index is 10.2. The fourth-order valence-corrected chi connectivity index (χ4v) is 3.07. The molecule has 0 saturated heterocycles. The highest BCUT2D eigenvalue weighted by Gasteiger charge is 2.22. The number of pyridine rings is 1. The van der Waals surface area contributed by atoms with Crippen molar-refractivity contribution in [3.63, 3.8) is 0 Å². The number of benzene rings is 1. The predicted molar refractivity (Wildman–Crippen MR) is 90.1 cm³/mol. The van der Waals surface area contributed by atoms with Crippen molar-refractivity contribution in [3.05, 3.63) is 65.5 Å². The van der Waals surface area contributed by atoms with Crippen LogP contribution in [0.1, 0.15) is 42.4 Å². The normalized spacial score (nSPS) is 19.8. The van der Waals surface area contributed by atoms with Gasteiger partial charge in [-0.15, -0.1) is 0 Å². The van der Waals surface area contributed by atoms with Crippen LogP contribution in [0.2, 0.25) is 0 Å². The number of aromatic nitrogens is 1. The monoisotopic (exact) mass is 312 g/mol. The van der Waals surface area contributed by atoms with Crippen LogP contribution in [0, 0.1) is 0 Å². The van der Waals surface area contributed by atoms with Crippen LogP contribution in [0.25, 0.3) is 0 Å². The molecule has 4 nitrogen and oxygen atoms in total. The van der Waals surface area contributed by atoms with E-state index in [9.17, 15) is 5.11 Å². The van der Waals surface area contributed by atoms with E-state index >= 15 is 0 Å². The Hall–Kier alpha value is -1.75. The first kappa shape index (κ1) is 16.1. The van der Waals surface area contributed by atoms with Crippen LogP contribution < -0.4 is 5.32 Å². The van der Waals surface area contributed by atoms with Crippen LogP contribution >= 0.6 is 0 Å². The Morgan fingerprint density at radius 3 is 2.91 bits per heavy atom. The second-order valence-corrected chi connectivity index (χ2v) is 6.12. The molecule has 23 heavy (non-hydrogen) atoms. The third-order valence-electron chi connectivity index (χ3n) is 4.35. The van der Waals surface area contributed by atoms with Crippen LogP contribution in [0.5, 0.6) is 0 Å². The first-order valence-electron chi connectivity index (χ1n) is 8.26. The molecule has 0 spiro atoms. The van der Waals surface area contributed by atoms with Gasteiger partial charge in [0.2, 0.25) is 0 Å². The van der Waals surface area contributed by atoms with E-state index in [2.05, 4.69) is 41.5 Å². The zero-order valence-corrected chi connectivity index (χ0v) is 13.5. The van der Waals surface area contributed by atoms with E-state index in [1.165, 1.54) is 11.1 Å². The molecule has 1 aromatic carbocycles. The van der Waals surface area contributed by atoms with Gasteiger partial charge in [0.1, 0.15) is 6.10 Å². The summed E-state index contributed by atoms with van der Waals surface area (Å²) in [4.78, 5) is 4.19. The molecular weight excluding hydrogens is 288 g/mol. The van der Waals surface area contributed by atoms with E-state index in [0.29, 0.717) is 12.2 Å². The molecule has 122 valence electrons. The van der Waals surface area contributed by atoms with E-state index in [0.717, 1.165) is 19.4 Å². The summed E-state index contributed by atoms with van der Waals surface area (Å²) in [6, 6.07) is 14.4. The summed E-state index contributed by atoms with van der Waals surface area (Å²) in [6.45, 7) is 3.41. The van der Waals surface area contributed by atoms with Crippen molar-refractivity contribution in [1.29, 1.82) is 0 Å². The molecule has 1 aliphatic heterocycles. The molecule has 3 rings (SSSR count). The molecule has 0 saturated carbocycles. The number of aliphatic hydroxyl groups excluding tert-OH is 1. The molecular formula is C19H24N2O2. The van der Waals surface area contributed by atoms with Gasteiger partial charge in [-0.1, -0.05) is 30.3 Å². The molecule has 0 radical (unpaired) electrons. The molecule has 3 atom stereocenters. The Labute approximate surface area is 137 Å². The van der Waals surface area contributed by atoms with E-state index in [-0.39, 0.29) is 12.1 Å². The third-order valence-corrected chi connectivity index (χ3v) is 4.35. The zero-order chi connectivity index (χ0) is 16.1. The van der Waals surface area contributed by atoms with Gasteiger partial charge >= 0.3 is 0 Å². The lowest BCUT2D eigenvalue weighted by Crippen LogP contribution is -2.33. The van der Waals surface area contributed by atoms with Crippen molar-refractivity contribution in [2.75, 3.05) is 13.2 Å². The van der Waals surface area contributed by atoms with Gasteiger partial charge in [-0.25, -0.2) is 0 Å². The number of ether oxygens (including phenoxy) is 1. The van der Waals surface area contributed by atoms with Gasteiger partial charge in [0.15, 0.2) is 0 Å². The average Bonchev–Trinajstić information content (AvgIpc) is 2.61. The van der Waals surface area contributed by atoms with Crippen LogP contribution in [0.15, 0.2) is 48.7 Å². The molecule has 0 fully saturated rings. The number of rotatable bonds is 6. The molecule has 2 heterocycles. The average molecular weight is 312 g/mol. The number of fused-ring (bicyclic) bond motifs is 1. The smallest absolute Gasteiger partial charge is 0.108 e. The fraction of sp³-hybridized carbons (Fsp3) is 0.421. The number of nitrogens with zero attached hydrogens (tertiary/aromatic N) is 1. The summed E-state index contributed by atoms with van der Waals surface area (Å²) >= 11 is 0. The first-order chi connectivity index (χ1) is 11.2. The number of hydrogen-bond acceptors (Lipinski definition) is 4. The molecule has 1 aliphatic rings.